The summed E-state index contributed by atoms with van der Waals surface area (Å²) in [4.78, 5) is 12.1. The molecule has 1 saturated heterocycles. The zero-order chi connectivity index (χ0) is 18.2. The largest absolute Gasteiger partial charge is 0.586 e. The molecule has 138 valence electrons. The zero-order valence-electron chi connectivity index (χ0n) is 12.5. The summed E-state index contributed by atoms with van der Waals surface area (Å²) < 4.78 is 68.5. The molecule has 2 aliphatic rings. The normalized spacial score (nSPS) is 24.0. The summed E-state index contributed by atoms with van der Waals surface area (Å²) in [5, 5.41) is 9.12. The van der Waals surface area contributed by atoms with E-state index in [-0.39, 0.29) is 30.2 Å². The molecule has 0 saturated carbocycles. The van der Waals surface area contributed by atoms with Gasteiger partial charge in [-0.3, -0.25) is 4.90 Å². The molecule has 1 N–H and O–H groups in total. The van der Waals surface area contributed by atoms with Gasteiger partial charge in [0.05, 0.1) is 19.2 Å². The van der Waals surface area contributed by atoms with Gasteiger partial charge in [-0.2, -0.15) is 8.78 Å². The van der Waals surface area contributed by atoms with Crippen LogP contribution in [0.2, 0.25) is 0 Å². The molecule has 0 aromatic heterocycles. The first-order chi connectivity index (χ1) is 11.7. The van der Waals surface area contributed by atoms with E-state index in [0.717, 1.165) is 4.90 Å². The second-order valence-electron chi connectivity index (χ2n) is 5.43. The minimum atomic E-state index is -3.76. The van der Waals surface area contributed by atoms with E-state index in [1.54, 1.807) is 0 Å². The Hall–Kier alpha value is -2.43. The van der Waals surface area contributed by atoms with E-state index in [1.807, 2.05) is 0 Å². The van der Waals surface area contributed by atoms with Gasteiger partial charge in [-0.15, -0.1) is 8.78 Å². The first-order valence-corrected chi connectivity index (χ1v) is 7.19. The molecule has 0 bridgehead atoms. The van der Waals surface area contributed by atoms with Crippen molar-refractivity contribution in [2.45, 2.75) is 31.5 Å². The highest BCUT2D eigenvalue weighted by Crippen LogP contribution is 2.43. The average molecular weight is 367 g/mol. The Morgan fingerprint density at radius 2 is 2.08 bits per heavy atom. The van der Waals surface area contributed by atoms with Crippen molar-refractivity contribution in [2.24, 2.45) is 0 Å². The average Bonchev–Trinajstić information content (AvgIpc) is 3.03. The van der Waals surface area contributed by atoms with Crippen molar-refractivity contribution < 1.29 is 46.4 Å². The number of fused-ring (bicyclic) bond motifs is 1. The van der Waals surface area contributed by atoms with E-state index in [2.05, 4.69) is 14.2 Å². The molecule has 0 aliphatic carbocycles. The highest BCUT2D eigenvalue weighted by molar-refractivity contribution is 5.66. The highest BCUT2D eigenvalue weighted by atomic mass is 19.3. The van der Waals surface area contributed by atoms with Crippen LogP contribution in [0.15, 0.2) is 18.2 Å². The lowest BCUT2D eigenvalue weighted by atomic mass is 10.2. The van der Waals surface area contributed by atoms with Gasteiger partial charge >= 0.3 is 19.0 Å². The third-order valence-corrected chi connectivity index (χ3v) is 3.71. The second kappa shape index (κ2) is 6.47. The number of nitrogens with zero attached hydrogens (tertiary/aromatic N) is 1. The molecule has 1 aromatic rings. The van der Waals surface area contributed by atoms with E-state index < -0.39 is 37.8 Å². The van der Waals surface area contributed by atoms with Crippen molar-refractivity contribution in [1.29, 1.82) is 0 Å². The van der Waals surface area contributed by atoms with E-state index in [4.69, 9.17) is 9.84 Å². The number of benzene rings is 1. The van der Waals surface area contributed by atoms with Gasteiger partial charge in [-0.05, 0) is 12.1 Å². The second-order valence-corrected chi connectivity index (χ2v) is 5.43. The maximum atomic E-state index is 13.0. The summed E-state index contributed by atoms with van der Waals surface area (Å²) in [6.45, 7) is -3.56. The number of likely N-dealkylation sites (tertiary alicyclic amines) is 1. The van der Waals surface area contributed by atoms with E-state index in [1.165, 1.54) is 18.2 Å². The summed E-state index contributed by atoms with van der Waals surface area (Å²) >= 11 is 0. The van der Waals surface area contributed by atoms with Crippen molar-refractivity contribution in [2.75, 3.05) is 13.2 Å². The van der Waals surface area contributed by atoms with Crippen LogP contribution in [0.25, 0.3) is 0 Å². The van der Waals surface area contributed by atoms with Gasteiger partial charge in [-0.25, -0.2) is 4.79 Å². The van der Waals surface area contributed by atoms with Crippen LogP contribution >= 0.6 is 0 Å². The Balaban J connectivity index is 1.65. The van der Waals surface area contributed by atoms with E-state index in [0.29, 0.717) is 0 Å². The van der Waals surface area contributed by atoms with Crippen LogP contribution in [0.1, 0.15) is 6.42 Å². The van der Waals surface area contributed by atoms with Gasteiger partial charge in [0.1, 0.15) is 11.9 Å². The van der Waals surface area contributed by atoms with Crippen LogP contribution in [-0.2, 0) is 4.74 Å². The molecule has 0 radical (unpaired) electrons. The molecule has 0 unspecified atom stereocenters. The number of hydrogen-bond acceptors (Lipinski definition) is 5. The SMILES string of the molecule is O=C(O)N1C[C@@H](Oc2ccc3c(c2)OC(F)(F)O3)C[C@H]1COC(F)F. The molecular formula is C14H13F4NO6. The smallest absolute Gasteiger partial charge is 0.488 e. The number of halogens is 4. The fraction of sp³-hybridized carbons (Fsp3) is 0.500. The molecular weight excluding hydrogens is 354 g/mol. The Morgan fingerprint density at radius 1 is 1.36 bits per heavy atom. The Bertz CT molecular complexity index is 658. The molecule has 2 aliphatic heterocycles. The summed E-state index contributed by atoms with van der Waals surface area (Å²) in [6, 6.07) is 2.98. The zero-order valence-corrected chi connectivity index (χ0v) is 12.5. The topological polar surface area (TPSA) is 77.5 Å². The third-order valence-electron chi connectivity index (χ3n) is 3.71. The minimum absolute atomic E-state index is 0.0722. The Kier molecular flexibility index (Phi) is 4.50. The van der Waals surface area contributed by atoms with Crippen molar-refractivity contribution >= 4 is 6.09 Å². The molecule has 1 aromatic carbocycles. The predicted molar refractivity (Wildman–Crippen MR) is 72.2 cm³/mol. The molecule has 3 rings (SSSR count). The van der Waals surface area contributed by atoms with Gasteiger partial charge in [0.25, 0.3) is 0 Å². The lowest BCUT2D eigenvalue weighted by Gasteiger charge is -2.20. The van der Waals surface area contributed by atoms with Gasteiger partial charge < -0.3 is 24.1 Å². The van der Waals surface area contributed by atoms with Crippen LogP contribution in [0.3, 0.4) is 0 Å². The number of carboxylic acid groups (broad SMARTS) is 1. The fourth-order valence-electron chi connectivity index (χ4n) is 2.73. The standard InChI is InChI=1S/C14H13F4NO6/c15-12(16)22-6-7-3-9(5-19(7)13(20)21)23-8-1-2-10-11(4-8)25-14(17,18)24-10/h1-2,4,7,9,12H,3,5-6H2,(H,20,21)/t7-,9-/m0/s1. The quantitative estimate of drug-likeness (QED) is 0.807. The summed E-state index contributed by atoms with van der Waals surface area (Å²) in [5.41, 5.74) is 0. The molecule has 2 atom stereocenters. The predicted octanol–water partition coefficient (Wildman–Crippen LogP) is 2.75. The van der Waals surface area contributed by atoms with Crippen LogP contribution in [0, 0.1) is 0 Å². The Labute approximate surface area is 138 Å². The monoisotopic (exact) mass is 367 g/mol. The molecule has 1 amide bonds. The molecule has 7 nitrogen and oxygen atoms in total. The first-order valence-electron chi connectivity index (χ1n) is 7.19. The van der Waals surface area contributed by atoms with Gasteiger partial charge in [0.2, 0.25) is 0 Å². The van der Waals surface area contributed by atoms with Crippen LogP contribution in [-0.4, -0.2) is 54.3 Å². The number of carbonyl (C=O) groups is 1. The van der Waals surface area contributed by atoms with Crippen molar-refractivity contribution in [3.05, 3.63) is 18.2 Å². The number of alkyl halides is 4. The third kappa shape index (κ3) is 3.98. The van der Waals surface area contributed by atoms with E-state index in [9.17, 15) is 22.4 Å². The lowest BCUT2D eigenvalue weighted by molar-refractivity contribution is -0.286. The maximum Gasteiger partial charge on any atom is 0.586 e. The van der Waals surface area contributed by atoms with Crippen LogP contribution in [0.5, 0.6) is 17.2 Å². The van der Waals surface area contributed by atoms with Crippen molar-refractivity contribution in [1.82, 2.24) is 4.90 Å². The number of hydrogen-bond donors (Lipinski definition) is 1. The maximum absolute atomic E-state index is 13.0. The number of amides is 1. The van der Waals surface area contributed by atoms with Gasteiger partial charge in [-0.1, -0.05) is 0 Å². The van der Waals surface area contributed by atoms with Gasteiger partial charge in [0.15, 0.2) is 11.5 Å². The van der Waals surface area contributed by atoms with Crippen LogP contribution < -0.4 is 14.2 Å². The fourth-order valence-corrected chi connectivity index (χ4v) is 2.73. The molecule has 0 spiro atoms. The highest BCUT2D eigenvalue weighted by Gasteiger charge is 2.44. The number of rotatable bonds is 5. The van der Waals surface area contributed by atoms with E-state index >= 15 is 0 Å². The summed E-state index contributed by atoms with van der Waals surface area (Å²) in [6.07, 6.45) is -5.59. The van der Waals surface area contributed by atoms with Crippen LogP contribution in [0.4, 0.5) is 22.4 Å². The Morgan fingerprint density at radius 3 is 2.76 bits per heavy atom. The van der Waals surface area contributed by atoms with Crippen molar-refractivity contribution in [3.63, 3.8) is 0 Å². The van der Waals surface area contributed by atoms with Gasteiger partial charge in [0, 0.05) is 12.5 Å². The molecule has 1 fully saturated rings. The molecule has 2 heterocycles. The summed E-state index contributed by atoms with van der Waals surface area (Å²) in [7, 11) is 0. The number of ether oxygens (including phenoxy) is 4. The van der Waals surface area contributed by atoms with Crippen molar-refractivity contribution in [3.8, 4) is 17.2 Å². The molecule has 25 heavy (non-hydrogen) atoms. The minimum Gasteiger partial charge on any atom is -0.488 e. The lowest BCUT2D eigenvalue weighted by Crippen LogP contribution is -2.38. The summed E-state index contributed by atoms with van der Waals surface area (Å²) in [5.74, 6) is -0.210. The first kappa shape index (κ1) is 17.4. The molecule has 11 heteroatoms.